The minimum absolute atomic E-state index is 0.319. The number of halogens is 1. The van der Waals surface area contributed by atoms with Gasteiger partial charge in [0.2, 0.25) is 0 Å². The summed E-state index contributed by atoms with van der Waals surface area (Å²) in [6, 6.07) is 21.9. The third kappa shape index (κ3) is 5.22. The second kappa shape index (κ2) is 8.89. The normalized spacial score (nSPS) is 10.7. The van der Waals surface area contributed by atoms with Gasteiger partial charge >= 0.3 is 6.03 Å². The molecule has 1 heterocycles. The van der Waals surface area contributed by atoms with Crippen LogP contribution < -0.4 is 14.8 Å². The molecule has 0 aliphatic carbocycles. The SMILES string of the molecule is O=C(NSc1ccc(Cl)cc1)Nc1ccc(OCc2nc3ccccc3[nH]2)cc1. The van der Waals surface area contributed by atoms with Crippen LogP contribution in [0.25, 0.3) is 11.0 Å². The molecule has 0 aliphatic heterocycles. The number of benzene rings is 3. The molecule has 3 N–H and O–H groups in total. The molecule has 29 heavy (non-hydrogen) atoms. The van der Waals surface area contributed by atoms with Crippen LogP contribution in [-0.2, 0) is 6.61 Å². The van der Waals surface area contributed by atoms with Crippen LogP contribution in [0.5, 0.6) is 5.75 Å². The Labute approximate surface area is 176 Å². The monoisotopic (exact) mass is 424 g/mol. The van der Waals surface area contributed by atoms with Gasteiger partial charge in [-0.1, -0.05) is 23.7 Å². The highest BCUT2D eigenvalue weighted by Crippen LogP contribution is 2.20. The zero-order valence-electron chi connectivity index (χ0n) is 15.2. The quantitative estimate of drug-likeness (QED) is 0.351. The van der Waals surface area contributed by atoms with Crippen molar-refractivity contribution in [1.82, 2.24) is 14.7 Å². The van der Waals surface area contributed by atoms with Crippen molar-refractivity contribution < 1.29 is 9.53 Å². The highest BCUT2D eigenvalue weighted by molar-refractivity contribution is 7.98. The standard InChI is InChI=1S/C21H17ClN4O2S/c22-14-5-11-17(12-6-14)29-26-21(27)23-15-7-9-16(10-8-15)28-13-20-24-18-3-1-2-4-19(18)25-20/h1-12H,13H2,(H,24,25)(H2,23,26,27). The van der Waals surface area contributed by atoms with Gasteiger partial charge in [0.1, 0.15) is 18.2 Å². The number of para-hydroxylation sites is 2. The number of aromatic amines is 1. The zero-order valence-corrected chi connectivity index (χ0v) is 16.8. The van der Waals surface area contributed by atoms with Crippen molar-refractivity contribution in [3.63, 3.8) is 0 Å². The molecule has 6 nitrogen and oxygen atoms in total. The van der Waals surface area contributed by atoms with E-state index in [9.17, 15) is 4.79 Å². The van der Waals surface area contributed by atoms with Crippen LogP contribution >= 0.6 is 23.5 Å². The van der Waals surface area contributed by atoms with Crippen molar-refractivity contribution in [2.45, 2.75) is 11.5 Å². The van der Waals surface area contributed by atoms with Gasteiger partial charge in [-0.15, -0.1) is 0 Å². The number of carbonyl (C=O) groups excluding carboxylic acids is 1. The molecule has 2 amide bonds. The summed E-state index contributed by atoms with van der Waals surface area (Å²) in [5.41, 5.74) is 2.55. The van der Waals surface area contributed by atoms with Crippen LogP contribution in [0.1, 0.15) is 5.82 Å². The molecular weight excluding hydrogens is 408 g/mol. The molecule has 1 aromatic heterocycles. The van der Waals surface area contributed by atoms with E-state index in [2.05, 4.69) is 20.0 Å². The fourth-order valence-electron chi connectivity index (χ4n) is 2.62. The second-order valence-corrected chi connectivity index (χ2v) is 7.44. The van der Waals surface area contributed by atoms with E-state index in [4.69, 9.17) is 16.3 Å². The molecular formula is C21H17ClN4O2S. The Bertz CT molecular complexity index is 1080. The number of nitrogens with one attached hydrogen (secondary N) is 3. The Morgan fingerprint density at radius 3 is 2.55 bits per heavy atom. The first-order valence-corrected chi connectivity index (χ1v) is 10.0. The lowest BCUT2D eigenvalue weighted by Crippen LogP contribution is -2.22. The first kappa shape index (κ1) is 19.2. The summed E-state index contributed by atoms with van der Waals surface area (Å²) in [6.45, 7) is 0.333. The first-order chi connectivity index (χ1) is 14.2. The van der Waals surface area contributed by atoms with Crippen molar-refractivity contribution in [3.8, 4) is 5.75 Å². The third-order valence-corrected chi connectivity index (χ3v) is 5.05. The highest BCUT2D eigenvalue weighted by Gasteiger charge is 2.05. The maximum atomic E-state index is 12.0. The molecule has 0 fully saturated rings. The number of H-pyrrole nitrogens is 1. The van der Waals surface area contributed by atoms with Gasteiger partial charge in [0.25, 0.3) is 0 Å². The van der Waals surface area contributed by atoms with E-state index in [0.29, 0.717) is 23.1 Å². The smallest absolute Gasteiger partial charge is 0.329 e. The van der Waals surface area contributed by atoms with E-state index in [0.717, 1.165) is 21.8 Å². The zero-order chi connectivity index (χ0) is 20.1. The lowest BCUT2D eigenvalue weighted by molar-refractivity contribution is 0.257. The molecule has 0 saturated carbocycles. The van der Waals surface area contributed by atoms with Gasteiger partial charge in [0.05, 0.1) is 11.0 Å². The number of urea groups is 1. The first-order valence-electron chi connectivity index (χ1n) is 8.82. The summed E-state index contributed by atoms with van der Waals surface area (Å²) in [5, 5.41) is 3.43. The van der Waals surface area contributed by atoms with Crippen molar-refractivity contribution in [3.05, 3.63) is 83.6 Å². The van der Waals surface area contributed by atoms with E-state index in [-0.39, 0.29) is 6.03 Å². The van der Waals surface area contributed by atoms with Gasteiger partial charge < -0.3 is 15.0 Å². The number of hydrogen-bond acceptors (Lipinski definition) is 4. The molecule has 4 rings (SSSR count). The molecule has 0 bridgehead atoms. The Morgan fingerprint density at radius 1 is 1.03 bits per heavy atom. The fourth-order valence-corrected chi connectivity index (χ4v) is 3.28. The Hall–Kier alpha value is -3.16. The van der Waals surface area contributed by atoms with Crippen LogP contribution in [0, 0.1) is 0 Å². The molecule has 4 aromatic rings. The maximum absolute atomic E-state index is 12.0. The van der Waals surface area contributed by atoms with Gasteiger partial charge in [-0.25, -0.2) is 9.78 Å². The molecule has 0 saturated heterocycles. The number of ether oxygens (including phenoxy) is 1. The van der Waals surface area contributed by atoms with E-state index in [1.807, 2.05) is 36.4 Å². The number of anilines is 1. The maximum Gasteiger partial charge on any atom is 0.329 e. The number of imidazole rings is 1. The summed E-state index contributed by atoms with van der Waals surface area (Å²) < 4.78 is 8.48. The fraction of sp³-hybridized carbons (Fsp3) is 0.0476. The molecule has 0 atom stereocenters. The van der Waals surface area contributed by atoms with Gasteiger partial charge in [-0.05, 0) is 72.6 Å². The molecule has 3 aromatic carbocycles. The topological polar surface area (TPSA) is 79.0 Å². The van der Waals surface area contributed by atoms with Crippen LogP contribution in [-0.4, -0.2) is 16.0 Å². The van der Waals surface area contributed by atoms with Gasteiger partial charge in [-0.2, -0.15) is 0 Å². The van der Waals surface area contributed by atoms with Crippen molar-refractivity contribution >= 4 is 46.3 Å². The molecule has 0 aliphatic rings. The third-order valence-electron chi connectivity index (χ3n) is 4.00. The predicted molar refractivity (Wildman–Crippen MR) is 116 cm³/mol. The number of nitrogens with zero attached hydrogens (tertiary/aromatic N) is 1. The Balaban J connectivity index is 1.27. The Morgan fingerprint density at radius 2 is 1.79 bits per heavy atom. The van der Waals surface area contributed by atoms with E-state index in [1.165, 1.54) is 11.9 Å². The number of carbonyl (C=O) groups is 1. The molecule has 146 valence electrons. The number of hydrogen-bond donors (Lipinski definition) is 3. The number of fused-ring (bicyclic) bond motifs is 1. The van der Waals surface area contributed by atoms with Crippen molar-refractivity contribution in [2.75, 3.05) is 5.32 Å². The van der Waals surface area contributed by atoms with Gasteiger partial charge in [0, 0.05) is 15.6 Å². The minimum atomic E-state index is -0.319. The average molecular weight is 425 g/mol. The van der Waals surface area contributed by atoms with Gasteiger partial charge in [0.15, 0.2) is 0 Å². The largest absolute Gasteiger partial charge is 0.486 e. The summed E-state index contributed by atoms with van der Waals surface area (Å²) in [5.74, 6) is 1.44. The average Bonchev–Trinajstić information content (AvgIpc) is 3.16. The molecule has 0 radical (unpaired) electrons. The van der Waals surface area contributed by atoms with E-state index in [1.54, 1.807) is 36.4 Å². The molecule has 8 heteroatoms. The van der Waals surface area contributed by atoms with Crippen LogP contribution in [0.2, 0.25) is 5.02 Å². The molecule has 0 spiro atoms. The minimum Gasteiger partial charge on any atom is -0.486 e. The van der Waals surface area contributed by atoms with Crippen LogP contribution in [0.4, 0.5) is 10.5 Å². The van der Waals surface area contributed by atoms with E-state index >= 15 is 0 Å². The number of aromatic nitrogens is 2. The second-order valence-electron chi connectivity index (χ2n) is 6.13. The van der Waals surface area contributed by atoms with Crippen molar-refractivity contribution in [2.24, 2.45) is 0 Å². The van der Waals surface area contributed by atoms with Crippen molar-refractivity contribution in [1.29, 1.82) is 0 Å². The lowest BCUT2D eigenvalue weighted by atomic mass is 10.3. The van der Waals surface area contributed by atoms with Crippen LogP contribution in [0.15, 0.2) is 77.7 Å². The summed E-state index contributed by atoms with van der Waals surface area (Å²) in [7, 11) is 0. The summed E-state index contributed by atoms with van der Waals surface area (Å²) in [4.78, 5) is 20.6. The van der Waals surface area contributed by atoms with Gasteiger partial charge in [-0.3, -0.25) is 4.72 Å². The van der Waals surface area contributed by atoms with E-state index < -0.39 is 0 Å². The summed E-state index contributed by atoms with van der Waals surface area (Å²) >= 11 is 7.06. The predicted octanol–water partition coefficient (Wildman–Crippen LogP) is 5.62. The highest BCUT2D eigenvalue weighted by atomic mass is 35.5. The number of rotatable bonds is 6. The number of amides is 2. The lowest BCUT2D eigenvalue weighted by Gasteiger charge is -2.08. The molecule has 0 unspecified atom stereocenters. The van der Waals surface area contributed by atoms with Crippen LogP contribution in [0.3, 0.4) is 0 Å². The summed E-state index contributed by atoms with van der Waals surface area (Å²) in [6.07, 6.45) is 0. The Kier molecular flexibility index (Phi) is 5.88.